The summed E-state index contributed by atoms with van der Waals surface area (Å²) < 4.78 is 13.6. The molecule has 0 amide bonds. The second kappa shape index (κ2) is 10.6. The fourth-order valence-corrected chi connectivity index (χ4v) is 8.39. The van der Waals surface area contributed by atoms with Crippen LogP contribution in [0, 0.1) is 0 Å². The molecular formula is C44H40N2O4. The van der Waals surface area contributed by atoms with Crippen molar-refractivity contribution in [1.82, 2.24) is 0 Å². The van der Waals surface area contributed by atoms with Crippen LogP contribution in [0.4, 0.5) is 11.4 Å². The van der Waals surface area contributed by atoms with Crippen LogP contribution in [0.15, 0.2) is 96.2 Å². The lowest BCUT2D eigenvalue weighted by Gasteiger charge is -2.40. The highest BCUT2D eigenvalue weighted by atomic mass is 16.5. The summed E-state index contributed by atoms with van der Waals surface area (Å²) in [5, 5.41) is 0. The monoisotopic (exact) mass is 660 g/mol. The molecule has 0 aromatic heterocycles. The van der Waals surface area contributed by atoms with E-state index in [1.54, 1.807) is 24.3 Å². The van der Waals surface area contributed by atoms with Crippen molar-refractivity contribution < 1.29 is 19.1 Å². The molecule has 6 aliphatic rings. The Morgan fingerprint density at radius 3 is 1.32 bits per heavy atom. The highest BCUT2D eigenvalue weighted by Crippen LogP contribution is 2.56. The van der Waals surface area contributed by atoms with Gasteiger partial charge in [-0.3, -0.25) is 9.59 Å². The summed E-state index contributed by atoms with van der Waals surface area (Å²) in [5.74, 6) is 2.54. The SMILES string of the molecule is CN1CCC(C)(C)c2cc3c(cc21)Oc1cc2c(cc1C3=C1C=CC=CC1=O)C(=C1C=CC=CC1=O)c1cc3c(cc1O2)N(C)CCC3(C)C. The van der Waals surface area contributed by atoms with E-state index in [4.69, 9.17) is 9.47 Å². The zero-order valence-electron chi connectivity index (χ0n) is 29.4. The zero-order valence-corrected chi connectivity index (χ0v) is 29.4. The predicted octanol–water partition coefficient (Wildman–Crippen LogP) is 9.13. The van der Waals surface area contributed by atoms with E-state index in [-0.39, 0.29) is 22.4 Å². The molecule has 4 aliphatic heterocycles. The van der Waals surface area contributed by atoms with E-state index in [0.717, 1.165) is 70.7 Å². The molecule has 3 aromatic carbocycles. The lowest BCUT2D eigenvalue weighted by atomic mass is 9.74. The molecule has 0 radical (unpaired) electrons. The minimum absolute atomic E-state index is 0.0492. The van der Waals surface area contributed by atoms with Crippen molar-refractivity contribution in [3.63, 3.8) is 0 Å². The molecule has 50 heavy (non-hydrogen) atoms. The fraction of sp³-hybridized carbons (Fsp3) is 0.273. The highest BCUT2D eigenvalue weighted by Gasteiger charge is 2.38. The van der Waals surface area contributed by atoms with Crippen LogP contribution in [0.25, 0.3) is 11.1 Å². The number of allylic oxidation sites excluding steroid dienone is 10. The first kappa shape index (κ1) is 30.7. The molecule has 9 rings (SSSR count). The number of carbonyl (C=O) groups excluding carboxylic acids is 2. The summed E-state index contributed by atoms with van der Waals surface area (Å²) >= 11 is 0. The van der Waals surface area contributed by atoms with E-state index >= 15 is 0 Å². The van der Waals surface area contributed by atoms with Gasteiger partial charge >= 0.3 is 0 Å². The molecule has 0 bridgehead atoms. The van der Waals surface area contributed by atoms with Gasteiger partial charge in [0, 0.05) is 101 Å². The molecule has 2 aliphatic carbocycles. The largest absolute Gasteiger partial charge is 0.456 e. The van der Waals surface area contributed by atoms with Gasteiger partial charge in [-0.25, -0.2) is 0 Å². The molecule has 4 heterocycles. The quantitative estimate of drug-likeness (QED) is 0.155. The first-order valence-electron chi connectivity index (χ1n) is 17.5. The summed E-state index contributed by atoms with van der Waals surface area (Å²) in [6.45, 7) is 11.0. The highest BCUT2D eigenvalue weighted by molar-refractivity contribution is 6.18. The molecule has 6 heteroatoms. The van der Waals surface area contributed by atoms with Gasteiger partial charge in [-0.2, -0.15) is 0 Å². The second-order valence-electron chi connectivity index (χ2n) is 15.6. The van der Waals surface area contributed by atoms with Crippen LogP contribution in [-0.2, 0) is 20.4 Å². The van der Waals surface area contributed by atoms with Crippen molar-refractivity contribution in [2.45, 2.75) is 51.4 Å². The molecule has 0 unspecified atom stereocenters. The van der Waals surface area contributed by atoms with Crippen LogP contribution in [0.5, 0.6) is 23.0 Å². The van der Waals surface area contributed by atoms with Crippen molar-refractivity contribution in [3.05, 3.63) is 130 Å². The number of ketones is 2. The zero-order chi connectivity index (χ0) is 34.7. The summed E-state index contributed by atoms with van der Waals surface area (Å²) in [4.78, 5) is 31.9. The minimum atomic E-state index is -0.0539. The predicted molar refractivity (Wildman–Crippen MR) is 200 cm³/mol. The number of ether oxygens (including phenoxy) is 2. The van der Waals surface area contributed by atoms with Gasteiger partial charge in [-0.1, -0.05) is 64.2 Å². The van der Waals surface area contributed by atoms with Crippen LogP contribution < -0.4 is 19.3 Å². The molecule has 0 N–H and O–H groups in total. The van der Waals surface area contributed by atoms with Crippen LogP contribution >= 0.6 is 0 Å². The van der Waals surface area contributed by atoms with Gasteiger partial charge in [0.15, 0.2) is 11.6 Å². The van der Waals surface area contributed by atoms with Crippen LogP contribution in [-0.4, -0.2) is 38.8 Å². The molecule has 250 valence electrons. The molecule has 0 saturated carbocycles. The first-order valence-corrected chi connectivity index (χ1v) is 17.5. The third-order valence-electron chi connectivity index (χ3n) is 11.5. The lowest BCUT2D eigenvalue weighted by molar-refractivity contribution is -0.111. The van der Waals surface area contributed by atoms with E-state index in [1.807, 2.05) is 30.4 Å². The number of hydrogen-bond donors (Lipinski definition) is 0. The molecule has 3 aromatic rings. The van der Waals surface area contributed by atoms with E-state index in [2.05, 4.69) is 81.9 Å². The van der Waals surface area contributed by atoms with Gasteiger partial charge in [0.2, 0.25) is 0 Å². The number of anilines is 2. The van der Waals surface area contributed by atoms with E-state index < -0.39 is 0 Å². The van der Waals surface area contributed by atoms with Crippen molar-refractivity contribution >= 4 is 34.1 Å². The molecular weight excluding hydrogens is 620 g/mol. The molecule has 0 atom stereocenters. The number of hydrogen-bond acceptors (Lipinski definition) is 6. The van der Waals surface area contributed by atoms with E-state index in [9.17, 15) is 9.59 Å². The smallest absolute Gasteiger partial charge is 0.186 e. The average Bonchev–Trinajstić information content (AvgIpc) is 3.09. The topological polar surface area (TPSA) is 59.1 Å². The number of rotatable bonds is 0. The van der Waals surface area contributed by atoms with Gasteiger partial charge < -0.3 is 19.3 Å². The van der Waals surface area contributed by atoms with E-state index in [1.165, 1.54) is 11.1 Å². The minimum Gasteiger partial charge on any atom is -0.456 e. The van der Waals surface area contributed by atoms with Crippen molar-refractivity contribution in [1.29, 1.82) is 0 Å². The Labute approximate surface area is 293 Å². The summed E-state index contributed by atoms with van der Waals surface area (Å²) in [6, 6.07) is 12.8. The van der Waals surface area contributed by atoms with Crippen LogP contribution in [0.1, 0.15) is 73.9 Å². The maximum absolute atomic E-state index is 13.7. The van der Waals surface area contributed by atoms with Crippen LogP contribution in [0.2, 0.25) is 0 Å². The Morgan fingerprint density at radius 1 is 0.520 bits per heavy atom. The van der Waals surface area contributed by atoms with Crippen molar-refractivity contribution in [2.75, 3.05) is 37.0 Å². The number of benzene rings is 3. The Kier molecular flexibility index (Phi) is 6.49. The number of carbonyl (C=O) groups is 2. The normalized spacial score (nSPS) is 23.3. The first-order chi connectivity index (χ1) is 23.9. The maximum atomic E-state index is 13.7. The Morgan fingerprint density at radius 2 is 0.900 bits per heavy atom. The van der Waals surface area contributed by atoms with Gasteiger partial charge in [-0.15, -0.1) is 0 Å². The van der Waals surface area contributed by atoms with E-state index in [0.29, 0.717) is 34.1 Å². The van der Waals surface area contributed by atoms with Crippen molar-refractivity contribution in [3.8, 4) is 23.0 Å². The fourth-order valence-electron chi connectivity index (χ4n) is 8.39. The molecule has 0 spiro atoms. The van der Waals surface area contributed by atoms with Crippen molar-refractivity contribution in [2.24, 2.45) is 0 Å². The number of nitrogens with zero attached hydrogens (tertiary/aromatic N) is 2. The second-order valence-corrected chi connectivity index (χ2v) is 15.6. The Bertz CT molecular complexity index is 2130. The maximum Gasteiger partial charge on any atom is 0.186 e. The third-order valence-corrected chi connectivity index (χ3v) is 11.5. The number of fused-ring (bicyclic) bond motifs is 6. The Hall–Kier alpha value is -5.36. The standard InChI is InChI=1S/C44H40N2O4/c1-43(2)15-17-45(5)33-22-37-29(20-31(33)43)41(25-11-7-9-13-35(25)47)27-19-28-40(24-39(27)49-37)50-38-23-34-32(44(3,4)16-18-46(34)6)21-30(38)42(28)26-12-8-10-14-36(26)48/h7-14,19-24H,15-18H2,1-6H3. The lowest BCUT2D eigenvalue weighted by Crippen LogP contribution is -2.35. The summed E-state index contributed by atoms with van der Waals surface area (Å²) in [5.41, 5.74) is 10.9. The van der Waals surface area contributed by atoms with Gasteiger partial charge in [-0.05, 0) is 65.1 Å². The Balaban J connectivity index is 1.33. The molecule has 0 fully saturated rings. The van der Waals surface area contributed by atoms with Gasteiger partial charge in [0.25, 0.3) is 0 Å². The van der Waals surface area contributed by atoms with Gasteiger partial charge in [0.05, 0.1) is 0 Å². The molecule has 6 nitrogen and oxygen atoms in total. The molecule has 0 saturated heterocycles. The van der Waals surface area contributed by atoms with Crippen LogP contribution in [0.3, 0.4) is 0 Å². The summed E-state index contributed by atoms with van der Waals surface area (Å²) in [7, 11) is 4.25. The van der Waals surface area contributed by atoms with Gasteiger partial charge in [0.1, 0.15) is 23.0 Å². The average molecular weight is 661 g/mol. The summed E-state index contributed by atoms with van der Waals surface area (Å²) in [6.07, 6.45) is 16.5. The third kappa shape index (κ3) is 4.47.